The molecule has 1 aromatic rings. The lowest BCUT2D eigenvalue weighted by Gasteiger charge is -2.20. The lowest BCUT2D eigenvalue weighted by Crippen LogP contribution is -2.22. The molecule has 16 heavy (non-hydrogen) atoms. The molecule has 1 nitrogen and oxygen atoms in total. The SMILES string of the molecule is C=C(C)CC(NCC)c1c(F)cccc1Br. The van der Waals surface area contributed by atoms with Crippen LogP contribution in [-0.4, -0.2) is 6.54 Å². The lowest BCUT2D eigenvalue weighted by molar-refractivity contribution is 0.507. The van der Waals surface area contributed by atoms with Gasteiger partial charge in [0.2, 0.25) is 0 Å². The van der Waals surface area contributed by atoms with E-state index < -0.39 is 0 Å². The number of hydrogen-bond donors (Lipinski definition) is 1. The van der Waals surface area contributed by atoms with Crippen LogP contribution in [0, 0.1) is 5.82 Å². The van der Waals surface area contributed by atoms with Gasteiger partial charge >= 0.3 is 0 Å². The monoisotopic (exact) mass is 285 g/mol. The Kier molecular flexibility index (Phi) is 5.16. The van der Waals surface area contributed by atoms with Crippen LogP contribution in [0.3, 0.4) is 0 Å². The van der Waals surface area contributed by atoms with E-state index in [-0.39, 0.29) is 11.9 Å². The average Bonchev–Trinajstić information content (AvgIpc) is 2.16. The van der Waals surface area contributed by atoms with Gasteiger partial charge in [0.25, 0.3) is 0 Å². The third-order valence-electron chi connectivity index (χ3n) is 2.35. The molecule has 1 atom stereocenters. The van der Waals surface area contributed by atoms with Gasteiger partial charge in [0.1, 0.15) is 5.82 Å². The Balaban J connectivity index is 3.04. The summed E-state index contributed by atoms with van der Waals surface area (Å²) in [6.45, 7) is 8.66. The van der Waals surface area contributed by atoms with Crippen LogP contribution in [0.2, 0.25) is 0 Å². The molecule has 1 aromatic carbocycles. The van der Waals surface area contributed by atoms with E-state index in [1.165, 1.54) is 6.07 Å². The molecule has 0 fully saturated rings. The van der Waals surface area contributed by atoms with Crippen molar-refractivity contribution >= 4 is 15.9 Å². The van der Waals surface area contributed by atoms with Crippen LogP contribution in [0.1, 0.15) is 31.9 Å². The van der Waals surface area contributed by atoms with Crippen molar-refractivity contribution < 1.29 is 4.39 Å². The molecule has 0 aliphatic heterocycles. The van der Waals surface area contributed by atoms with Crippen molar-refractivity contribution in [1.29, 1.82) is 0 Å². The van der Waals surface area contributed by atoms with Gasteiger partial charge in [-0.2, -0.15) is 0 Å². The molecule has 0 amide bonds. The van der Waals surface area contributed by atoms with E-state index >= 15 is 0 Å². The molecule has 0 heterocycles. The highest BCUT2D eigenvalue weighted by Crippen LogP contribution is 2.29. The Hall–Kier alpha value is -0.670. The second-order valence-corrected chi connectivity index (χ2v) is 4.76. The van der Waals surface area contributed by atoms with Gasteiger partial charge in [-0.25, -0.2) is 4.39 Å². The van der Waals surface area contributed by atoms with Crippen LogP contribution in [0.15, 0.2) is 34.8 Å². The first-order valence-electron chi connectivity index (χ1n) is 5.38. The van der Waals surface area contributed by atoms with Gasteiger partial charge in [-0.1, -0.05) is 34.5 Å². The zero-order valence-corrected chi connectivity index (χ0v) is 11.3. The number of rotatable bonds is 5. The summed E-state index contributed by atoms with van der Waals surface area (Å²) in [4.78, 5) is 0. The Morgan fingerprint density at radius 2 is 2.25 bits per heavy atom. The van der Waals surface area contributed by atoms with Crippen LogP contribution in [0.25, 0.3) is 0 Å². The van der Waals surface area contributed by atoms with Gasteiger partial charge in [0.15, 0.2) is 0 Å². The van der Waals surface area contributed by atoms with E-state index in [4.69, 9.17) is 0 Å². The van der Waals surface area contributed by atoms with Crippen molar-refractivity contribution in [1.82, 2.24) is 5.32 Å². The van der Waals surface area contributed by atoms with Gasteiger partial charge in [-0.15, -0.1) is 6.58 Å². The van der Waals surface area contributed by atoms with Crippen molar-refractivity contribution in [2.24, 2.45) is 0 Å². The summed E-state index contributed by atoms with van der Waals surface area (Å²) >= 11 is 3.40. The number of nitrogens with one attached hydrogen (secondary N) is 1. The highest BCUT2D eigenvalue weighted by molar-refractivity contribution is 9.10. The summed E-state index contributed by atoms with van der Waals surface area (Å²) in [7, 11) is 0. The highest BCUT2D eigenvalue weighted by atomic mass is 79.9. The highest BCUT2D eigenvalue weighted by Gasteiger charge is 2.17. The molecule has 1 unspecified atom stereocenters. The second-order valence-electron chi connectivity index (χ2n) is 3.91. The molecule has 1 N–H and O–H groups in total. The smallest absolute Gasteiger partial charge is 0.129 e. The van der Waals surface area contributed by atoms with Crippen LogP contribution < -0.4 is 5.32 Å². The summed E-state index contributed by atoms with van der Waals surface area (Å²) < 4.78 is 14.6. The molecule has 0 saturated heterocycles. The van der Waals surface area contributed by atoms with Crippen molar-refractivity contribution in [3.8, 4) is 0 Å². The third kappa shape index (κ3) is 3.42. The maximum atomic E-state index is 13.8. The van der Waals surface area contributed by atoms with Gasteiger partial charge < -0.3 is 5.32 Å². The minimum atomic E-state index is -0.179. The van der Waals surface area contributed by atoms with Crippen molar-refractivity contribution in [3.63, 3.8) is 0 Å². The van der Waals surface area contributed by atoms with Crippen molar-refractivity contribution in [3.05, 3.63) is 46.2 Å². The molecular weight excluding hydrogens is 269 g/mol. The molecule has 88 valence electrons. The number of benzene rings is 1. The molecule has 1 rings (SSSR count). The summed E-state index contributed by atoms with van der Waals surface area (Å²) in [5.41, 5.74) is 1.73. The molecule has 3 heteroatoms. The Bertz CT molecular complexity index is 356. The van der Waals surface area contributed by atoms with Gasteiger partial charge in [-0.05, 0) is 32.0 Å². The van der Waals surface area contributed by atoms with E-state index in [1.807, 2.05) is 19.9 Å². The lowest BCUT2D eigenvalue weighted by atomic mass is 10.00. The summed E-state index contributed by atoms with van der Waals surface area (Å²) in [5, 5.41) is 3.28. The van der Waals surface area contributed by atoms with E-state index in [1.54, 1.807) is 6.07 Å². The van der Waals surface area contributed by atoms with Crippen molar-refractivity contribution in [2.45, 2.75) is 26.3 Å². The zero-order valence-electron chi connectivity index (χ0n) is 9.69. The van der Waals surface area contributed by atoms with E-state index in [9.17, 15) is 4.39 Å². The normalized spacial score (nSPS) is 12.5. The maximum absolute atomic E-state index is 13.8. The van der Waals surface area contributed by atoms with Gasteiger partial charge in [-0.3, -0.25) is 0 Å². The first kappa shape index (κ1) is 13.4. The first-order valence-corrected chi connectivity index (χ1v) is 6.17. The predicted octanol–water partition coefficient (Wildman–Crippen LogP) is 4.21. The summed E-state index contributed by atoms with van der Waals surface area (Å²) in [6.07, 6.45) is 0.743. The Morgan fingerprint density at radius 3 is 2.75 bits per heavy atom. The van der Waals surface area contributed by atoms with Crippen molar-refractivity contribution in [2.75, 3.05) is 6.54 Å². The molecule has 0 bridgehead atoms. The third-order valence-corrected chi connectivity index (χ3v) is 3.04. The van der Waals surface area contributed by atoms with Gasteiger partial charge in [0.05, 0.1) is 0 Å². The number of halogens is 2. The Morgan fingerprint density at radius 1 is 1.56 bits per heavy atom. The largest absolute Gasteiger partial charge is 0.310 e. The molecule has 0 aliphatic carbocycles. The average molecular weight is 286 g/mol. The van der Waals surface area contributed by atoms with Crippen LogP contribution in [0.4, 0.5) is 4.39 Å². The molecular formula is C13H17BrFN. The van der Waals surface area contributed by atoms with E-state index in [0.29, 0.717) is 5.56 Å². The topological polar surface area (TPSA) is 12.0 Å². The van der Waals surface area contributed by atoms with E-state index in [2.05, 4.69) is 27.8 Å². The van der Waals surface area contributed by atoms with Crippen LogP contribution >= 0.6 is 15.9 Å². The van der Waals surface area contributed by atoms with Gasteiger partial charge in [0, 0.05) is 16.1 Å². The molecule has 0 aliphatic rings. The molecule has 0 radical (unpaired) electrons. The fourth-order valence-electron chi connectivity index (χ4n) is 1.71. The zero-order chi connectivity index (χ0) is 12.1. The fraction of sp³-hybridized carbons (Fsp3) is 0.385. The summed E-state index contributed by atoms with van der Waals surface area (Å²) in [5.74, 6) is -0.179. The molecule has 0 saturated carbocycles. The standard InChI is InChI=1S/C13H17BrFN/c1-4-16-12(8-9(2)3)13-10(14)6-5-7-11(13)15/h5-7,12,16H,2,4,8H2,1,3H3. The fourth-order valence-corrected chi connectivity index (χ4v) is 2.33. The minimum absolute atomic E-state index is 0.0157. The predicted molar refractivity (Wildman–Crippen MR) is 69.9 cm³/mol. The van der Waals surface area contributed by atoms with Crippen LogP contribution in [-0.2, 0) is 0 Å². The van der Waals surface area contributed by atoms with E-state index in [0.717, 1.165) is 23.0 Å². The van der Waals surface area contributed by atoms with Crippen LogP contribution in [0.5, 0.6) is 0 Å². The molecule has 0 aromatic heterocycles. The number of hydrogen-bond acceptors (Lipinski definition) is 1. The Labute approximate surface area is 105 Å². The minimum Gasteiger partial charge on any atom is -0.310 e. The molecule has 0 spiro atoms. The quantitative estimate of drug-likeness (QED) is 0.800. The second kappa shape index (κ2) is 6.16. The summed E-state index contributed by atoms with van der Waals surface area (Å²) in [6, 6.07) is 5.04. The first-order chi connectivity index (χ1) is 7.56. The maximum Gasteiger partial charge on any atom is 0.129 e.